The fraction of sp³-hybridized carbons (Fsp3) is 0.462. The molecule has 0 aliphatic carbocycles. The number of halogens is 1. The Morgan fingerprint density at radius 1 is 1.06 bits per heavy atom. The number of nitrogens with one attached hydrogen (secondary N) is 1. The molecule has 10 heteroatoms. The van der Waals surface area contributed by atoms with Crippen LogP contribution in [0, 0.1) is 0 Å². The number of sulfonamides is 1. The molecular formula is C26H36ClN3O5S. The summed E-state index contributed by atoms with van der Waals surface area (Å²) in [5, 5.41) is 3.47. The predicted molar refractivity (Wildman–Crippen MR) is 144 cm³/mol. The fourth-order valence-electron chi connectivity index (χ4n) is 3.82. The summed E-state index contributed by atoms with van der Waals surface area (Å²) in [7, 11) is -2.02. The minimum absolute atomic E-state index is 0.0906. The first-order valence-electron chi connectivity index (χ1n) is 12.0. The van der Waals surface area contributed by atoms with E-state index >= 15 is 0 Å². The Balaban J connectivity index is 2.18. The number of ether oxygens (including phenoxy) is 1. The normalized spacial score (nSPS) is 12.0. The van der Waals surface area contributed by atoms with Crippen molar-refractivity contribution in [2.45, 2.75) is 52.1 Å². The van der Waals surface area contributed by atoms with Crippen LogP contribution in [0.5, 0.6) is 5.75 Å². The number of carbonyl (C=O) groups is 2. The summed E-state index contributed by atoms with van der Waals surface area (Å²) in [6, 6.07) is 13.2. The molecule has 2 amide bonds. The van der Waals surface area contributed by atoms with Crippen molar-refractivity contribution in [1.29, 1.82) is 0 Å². The van der Waals surface area contributed by atoms with E-state index in [4.69, 9.17) is 16.3 Å². The molecule has 0 aromatic heterocycles. The van der Waals surface area contributed by atoms with Gasteiger partial charge in [0.1, 0.15) is 11.8 Å². The highest BCUT2D eigenvalue weighted by atomic mass is 35.5. The highest BCUT2D eigenvalue weighted by molar-refractivity contribution is 7.92. The minimum Gasteiger partial charge on any atom is -0.497 e. The molecule has 0 saturated carbocycles. The second kappa shape index (κ2) is 14.1. The first-order valence-corrected chi connectivity index (χ1v) is 14.3. The molecule has 8 nitrogen and oxygen atoms in total. The third-order valence-electron chi connectivity index (χ3n) is 5.71. The average molecular weight is 538 g/mol. The first-order chi connectivity index (χ1) is 17.1. The molecule has 0 spiro atoms. The third kappa shape index (κ3) is 8.71. The van der Waals surface area contributed by atoms with Gasteiger partial charge in [0.15, 0.2) is 0 Å². The highest BCUT2D eigenvalue weighted by Gasteiger charge is 2.28. The van der Waals surface area contributed by atoms with Gasteiger partial charge in [-0.1, -0.05) is 37.6 Å². The molecule has 1 N–H and O–H groups in total. The smallest absolute Gasteiger partial charge is 0.242 e. The molecular weight excluding hydrogens is 502 g/mol. The molecule has 0 saturated heterocycles. The largest absolute Gasteiger partial charge is 0.497 e. The number of amides is 2. The van der Waals surface area contributed by atoms with Gasteiger partial charge in [0, 0.05) is 31.1 Å². The van der Waals surface area contributed by atoms with Crippen molar-refractivity contribution in [2.75, 3.05) is 30.8 Å². The molecule has 2 aromatic rings. The van der Waals surface area contributed by atoms with E-state index in [1.54, 1.807) is 41.3 Å². The summed E-state index contributed by atoms with van der Waals surface area (Å²) in [5.74, 6) is 0.205. The van der Waals surface area contributed by atoms with Gasteiger partial charge in [-0.2, -0.15) is 0 Å². The van der Waals surface area contributed by atoms with Crippen LogP contribution >= 0.6 is 11.6 Å². The standard InChI is InChI=1S/C26H36ClN3O5S/c1-5-17-28-26(32)24(6-2)29(19-20-9-11-21(27)12-10-20)25(31)8-7-18-30(36(4,33)34)22-13-15-23(35-3)16-14-22/h9-16,24H,5-8,17-19H2,1-4H3,(H,28,32)/t24-/m0/s1. The number of nitrogens with zero attached hydrogens (tertiary/aromatic N) is 2. The van der Waals surface area contributed by atoms with Crippen molar-refractivity contribution >= 4 is 39.1 Å². The molecule has 0 unspecified atom stereocenters. The number of rotatable bonds is 14. The Bertz CT molecular complexity index is 1090. The van der Waals surface area contributed by atoms with E-state index in [2.05, 4.69) is 5.32 Å². The van der Waals surface area contributed by atoms with Crippen LogP contribution in [0.2, 0.25) is 5.02 Å². The number of methoxy groups -OCH3 is 1. The molecule has 2 aromatic carbocycles. The van der Waals surface area contributed by atoms with Gasteiger partial charge in [-0.3, -0.25) is 13.9 Å². The maximum Gasteiger partial charge on any atom is 0.242 e. The minimum atomic E-state index is -3.56. The second-order valence-electron chi connectivity index (χ2n) is 8.50. The van der Waals surface area contributed by atoms with Gasteiger partial charge in [-0.25, -0.2) is 8.42 Å². The molecule has 1 atom stereocenters. The monoisotopic (exact) mass is 537 g/mol. The lowest BCUT2D eigenvalue weighted by atomic mass is 10.1. The summed E-state index contributed by atoms with van der Waals surface area (Å²) >= 11 is 6.01. The molecule has 0 bridgehead atoms. The summed E-state index contributed by atoms with van der Waals surface area (Å²) < 4.78 is 31.3. The van der Waals surface area contributed by atoms with Crippen LogP contribution in [0.3, 0.4) is 0 Å². The topological polar surface area (TPSA) is 96.0 Å². The van der Waals surface area contributed by atoms with E-state index in [1.807, 2.05) is 26.0 Å². The average Bonchev–Trinajstić information content (AvgIpc) is 2.85. The van der Waals surface area contributed by atoms with Crippen LogP contribution in [0.4, 0.5) is 5.69 Å². The molecule has 2 rings (SSSR count). The van der Waals surface area contributed by atoms with Gasteiger partial charge in [0.05, 0.1) is 19.1 Å². The van der Waals surface area contributed by atoms with Gasteiger partial charge in [-0.05, 0) is 61.2 Å². The van der Waals surface area contributed by atoms with Gasteiger partial charge in [-0.15, -0.1) is 0 Å². The highest BCUT2D eigenvalue weighted by Crippen LogP contribution is 2.23. The Hall–Kier alpha value is -2.78. The molecule has 0 radical (unpaired) electrons. The van der Waals surface area contributed by atoms with Crippen molar-refractivity contribution < 1.29 is 22.7 Å². The lowest BCUT2D eigenvalue weighted by Gasteiger charge is -2.31. The van der Waals surface area contributed by atoms with Crippen LogP contribution in [0.1, 0.15) is 45.1 Å². The lowest BCUT2D eigenvalue weighted by molar-refractivity contribution is -0.141. The maximum atomic E-state index is 13.4. The van der Waals surface area contributed by atoms with E-state index in [-0.39, 0.29) is 31.3 Å². The van der Waals surface area contributed by atoms with Crippen LogP contribution < -0.4 is 14.4 Å². The zero-order chi connectivity index (χ0) is 26.7. The number of hydrogen-bond donors (Lipinski definition) is 1. The molecule has 0 heterocycles. The van der Waals surface area contributed by atoms with Crippen LogP contribution in [0.25, 0.3) is 0 Å². The second-order valence-corrected chi connectivity index (χ2v) is 10.8. The summed E-state index contributed by atoms with van der Waals surface area (Å²) in [4.78, 5) is 27.8. The molecule has 0 aliphatic heterocycles. The Morgan fingerprint density at radius 2 is 1.69 bits per heavy atom. The van der Waals surface area contributed by atoms with Gasteiger partial charge < -0.3 is 15.0 Å². The zero-order valence-corrected chi connectivity index (χ0v) is 22.9. The molecule has 198 valence electrons. The van der Waals surface area contributed by atoms with E-state index in [9.17, 15) is 18.0 Å². The third-order valence-corrected chi connectivity index (χ3v) is 7.16. The SMILES string of the molecule is CCCNC(=O)[C@H](CC)N(Cc1ccc(Cl)cc1)C(=O)CCCN(c1ccc(OC)cc1)S(C)(=O)=O. The first kappa shape index (κ1) is 29.5. The van der Waals surface area contributed by atoms with E-state index in [1.165, 1.54) is 11.4 Å². The van der Waals surface area contributed by atoms with Crippen LogP contribution in [-0.4, -0.2) is 57.6 Å². The Kier molecular flexibility index (Phi) is 11.5. The van der Waals surface area contributed by atoms with Crippen LogP contribution in [-0.2, 0) is 26.2 Å². The van der Waals surface area contributed by atoms with Crippen molar-refractivity contribution in [3.05, 3.63) is 59.1 Å². The van der Waals surface area contributed by atoms with Gasteiger partial charge >= 0.3 is 0 Å². The number of carbonyl (C=O) groups excluding carboxylic acids is 2. The zero-order valence-electron chi connectivity index (χ0n) is 21.4. The van der Waals surface area contributed by atoms with Crippen molar-refractivity contribution in [1.82, 2.24) is 10.2 Å². The summed E-state index contributed by atoms with van der Waals surface area (Å²) in [6.07, 6.45) is 2.77. The lowest BCUT2D eigenvalue weighted by Crippen LogP contribution is -2.49. The van der Waals surface area contributed by atoms with Gasteiger partial charge in [0.25, 0.3) is 0 Å². The number of benzene rings is 2. The Morgan fingerprint density at radius 3 is 2.22 bits per heavy atom. The molecule has 36 heavy (non-hydrogen) atoms. The van der Waals surface area contributed by atoms with E-state index in [0.717, 1.165) is 18.2 Å². The van der Waals surface area contributed by atoms with Crippen molar-refractivity contribution in [3.8, 4) is 5.75 Å². The van der Waals surface area contributed by atoms with Gasteiger partial charge in [0.2, 0.25) is 21.8 Å². The van der Waals surface area contributed by atoms with E-state index < -0.39 is 16.1 Å². The number of hydrogen-bond acceptors (Lipinski definition) is 5. The van der Waals surface area contributed by atoms with Crippen molar-refractivity contribution in [3.63, 3.8) is 0 Å². The van der Waals surface area contributed by atoms with E-state index in [0.29, 0.717) is 35.8 Å². The predicted octanol–water partition coefficient (Wildman–Crippen LogP) is 4.23. The fourth-order valence-corrected chi connectivity index (χ4v) is 4.92. The quantitative estimate of drug-likeness (QED) is 0.389. The molecule has 0 aliphatic rings. The summed E-state index contributed by atoms with van der Waals surface area (Å²) in [6.45, 7) is 4.75. The molecule has 0 fully saturated rings. The van der Waals surface area contributed by atoms with Crippen molar-refractivity contribution in [2.24, 2.45) is 0 Å². The summed E-state index contributed by atoms with van der Waals surface area (Å²) in [5.41, 5.74) is 1.35. The maximum absolute atomic E-state index is 13.4. The number of anilines is 1. The van der Waals surface area contributed by atoms with Crippen LogP contribution in [0.15, 0.2) is 48.5 Å². The Labute approximate surface area is 219 Å².